The second kappa shape index (κ2) is 7.66. The van der Waals surface area contributed by atoms with Gasteiger partial charge in [-0.05, 0) is 24.3 Å². The molecule has 0 spiro atoms. The molecule has 1 aliphatic heterocycles. The number of alkyl halides is 3. The van der Waals surface area contributed by atoms with E-state index in [-0.39, 0.29) is 17.4 Å². The van der Waals surface area contributed by atoms with Crippen molar-refractivity contribution in [3.8, 4) is 5.88 Å². The summed E-state index contributed by atoms with van der Waals surface area (Å²) in [6.45, 7) is 0. The second-order valence-corrected chi connectivity index (χ2v) is 5.71. The third-order valence-electron chi connectivity index (χ3n) is 3.82. The Labute approximate surface area is 161 Å². The van der Waals surface area contributed by atoms with Crippen LogP contribution < -0.4 is 15.0 Å². The summed E-state index contributed by atoms with van der Waals surface area (Å²) in [6, 6.07) is 5.31. The Morgan fingerprint density at radius 2 is 1.93 bits per heavy atom. The summed E-state index contributed by atoms with van der Waals surface area (Å²) in [5.74, 6) is -3.30. The molecular formula is C17H12F3N5O4. The lowest BCUT2D eigenvalue weighted by atomic mass is 10.1. The van der Waals surface area contributed by atoms with Gasteiger partial charge < -0.3 is 4.74 Å². The number of nitrogens with zero attached hydrogens (tertiary/aromatic N) is 4. The molecule has 12 heteroatoms. The van der Waals surface area contributed by atoms with Crippen molar-refractivity contribution in [1.29, 1.82) is 0 Å². The summed E-state index contributed by atoms with van der Waals surface area (Å²) in [7, 11) is 1.39. The summed E-state index contributed by atoms with van der Waals surface area (Å²) >= 11 is 0. The van der Waals surface area contributed by atoms with E-state index < -0.39 is 35.5 Å². The van der Waals surface area contributed by atoms with E-state index in [1.54, 1.807) is 0 Å². The molecule has 1 N–H and O–H groups in total. The first-order valence-corrected chi connectivity index (χ1v) is 7.98. The van der Waals surface area contributed by atoms with Gasteiger partial charge in [-0.3, -0.25) is 14.9 Å². The number of ether oxygens (including phenoxy) is 1. The molecule has 3 rings (SSSR count). The van der Waals surface area contributed by atoms with Crippen LogP contribution in [-0.4, -0.2) is 41.4 Å². The maximum Gasteiger partial charge on any atom is 0.416 e. The van der Waals surface area contributed by atoms with Crippen molar-refractivity contribution in [1.82, 2.24) is 15.5 Å². The van der Waals surface area contributed by atoms with Gasteiger partial charge >= 0.3 is 12.2 Å². The summed E-state index contributed by atoms with van der Waals surface area (Å²) < 4.78 is 43.6. The van der Waals surface area contributed by atoms with Gasteiger partial charge in [0, 0.05) is 12.3 Å². The van der Waals surface area contributed by atoms with E-state index in [0.29, 0.717) is 11.0 Å². The SMILES string of the molecule is COc1ccc(N=C[C@H]2C(=O)NC(=O)N(c3cccc(C(F)(F)F)c3)C2=O)nn1. The van der Waals surface area contributed by atoms with Crippen molar-refractivity contribution in [3.63, 3.8) is 0 Å². The lowest BCUT2D eigenvalue weighted by Crippen LogP contribution is -2.58. The lowest BCUT2D eigenvalue weighted by molar-refractivity contribution is -0.138. The van der Waals surface area contributed by atoms with Gasteiger partial charge in [-0.1, -0.05) is 6.07 Å². The normalized spacial score (nSPS) is 17.6. The highest BCUT2D eigenvalue weighted by molar-refractivity contribution is 6.32. The maximum atomic E-state index is 12.9. The number of hydrogen-bond acceptors (Lipinski definition) is 7. The lowest BCUT2D eigenvalue weighted by Gasteiger charge is -2.28. The van der Waals surface area contributed by atoms with Crippen LogP contribution in [-0.2, 0) is 15.8 Å². The quantitative estimate of drug-likeness (QED) is 0.613. The molecule has 150 valence electrons. The van der Waals surface area contributed by atoms with E-state index in [1.165, 1.54) is 19.2 Å². The summed E-state index contributed by atoms with van der Waals surface area (Å²) in [5, 5.41) is 9.28. The molecule has 1 atom stereocenters. The molecule has 2 aromatic rings. The van der Waals surface area contributed by atoms with Crippen LogP contribution in [0.1, 0.15) is 5.56 Å². The van der Waals surface area contributed by atoms with Gasteiger partial charge in [-0.2, -0.15) is 13.2 Å². The molecule has 1 aliphatic rings. The number of halogens is 3. The van der Waals surface area contributed by atoms with Crippen LogP contribution in [0.15, 0.2) is 41.4 Å². The summed E-state index contributed by atoms with van der Waals surface area (Å²) in [6.07, 6.45) is -3.74. The minimum Gasteiger partial charge on any atom is -0.480 e. The van der Waals surface area contributed by atoms with Crippen molar-refractivity contribution in [2.45, 2.75) is 6.18 Å². The molecule has 4 amide bonds. The third-order valence-corrected chi connectivity index (χ3v) is 3.82. The number of imide groups is 2. The molecule has 0 unspecified atom stereocenters. The van der Waals surface area contributed by atoms with Crippen LogP contribution >= 0.6 is 0 Å². The Morgan fingerprint density at radius 1 is 1.17 bits per heavy atom. The van der Waals surface area contributed by atoms with E-state index in [1.807, 2.05) is 5.32 Å². The average Bonchev–Trinajstić information content (AvgIpc) is 2.67. The first-order valence-electron chi connectivity index (χ1n) is 7.98. The number of urea groups is 1. The number of hydrogen-bond donors (Lipinski definition) is 1. The molecule has 1 aromatic heterocycles. The zero-order chi connectivity index (χ0) is 21.2. The van der Waals surface area contributed by atoms with Gasteiger partial charge in [-0.15, -0.1) is 10.2 Å². The summed E-state index contributed by atoms with van der Waals surface area (Å²) in [5.41, 5.74) is -1.39. The molecule has 1 aromatic carbocycles. The van der Waals surface area contributed by atoms with Crippen LogP contribution in [0.5, 0.6) is 5.88 Å². The van der Waals surface area contributed by atoms with Crippen LogP contribution in [0.3, 0.4) is 0 Å². The molecule has 0 saturated carbocycles. The number of benzene rings is 1. The van der Waals surface area contributed by atoms with Crippen molar-refractivity contribution >= 4 is 35.6 Å². The molecule has 2 heterocycles. The molecule has 0 aliphatic carbocycles. The number of amides is 4. The Hall–Kier alpha value is -3.83. The Bertz CT molecular complexity index is 991. The molecular weight excluding hydrogens is 395 g/mol. The molecule has 0 bridgehead atoms. The predicted molar refractivity (Wildman–Crippen MR) is 92.7 cm³/mol. The molecule has 0 radical (unpaired) electrons. The molecule has 9 nitrogen and oxygen atoms in total. The van der Waals surface area contributed by atoms with E-state index in [9.17, 15) is 27.6 Å². The van der Waals surface area contributed by atoms with Gasteiger partial charge in [-0.25, -0.2) is 14.7 Å². The number of barbiturate groups is 1. The number of carbonyl (C=O) groups excluding carboxylic acids is 3. The first kappa shape index (κ1) is 19.9. The molecule has 1 saturated heterocycles. The maximum absolute atomic E-state index is 12.9. The highest BCUT2D eigenvalue weighted by Gasteiger charge is 2.41. The van der Waals surface area contributed by atoms with Crippen molar-refractivity contribution in [3.05, 3.63) is 42.0 Å². The standard InChI is InChI=1S/C17H12F3N5O4/c1-29-13-6-5-12(23-24-13)21-8-11-14(26)22-16(28)25(15(11)27)10-4-2-3-9(7-10)17(18,19)20/h2-8,11H,1H3,(H,22,26,28)/t11-/m0/s1. The van der Waals surface area contributed by atoms with Gasteiger partial charge in [0.05, 0.1) is 18.4 Å². The topological polar surface area (TPSA) is 114 Å². The van der Waals surface area contributed by atoms with Crippen molar-refractivity contribution in [2.75, 3.05) is 12.0 Å². The van der Waals surface area contributed by atoms with Crippen LogP contribution in [0, 0.1) is 5.92 Å². The zero-order valence-corrected chi connectivity index (χ0v) is 14.7. The van der Waals surface area contributed by atoms with Gasteiger partial charge in [0.25, 0.3) is 5.91 Å². The van der Waals surface area contributed by atoms with Gasteiger partial charge in [0.2, 0.25) is 11.8 Å². The number of aliphatic imine (C=N–C) groups is 1. The Balaban J connectivity index is 1.89. The Morgan fingerprint density at radius 3 is 2.55 bits per heavy atom. The van der Waals surface area contributed by atoms with Crippen molar-refractivity contribution in [2.24, 2.45) is 10.9 Å². The van der Waals surface area contributed by atoms with Crippen LogP contribution in [0.4, 0.5) is 29.5 Å². The number of nitrogens with one attached hydrogen (secondary N) is 1. The minimum absolute atomic E-state index is 0.0499. The number of methoxy groups -OCH3 is 1. The van der Waals surface area contributed by atoms with Crippen LogP contribution in [0.25, 0.3) is 0 Å². The highest BCUT2D eigenvalue weighted by atomic mass is 19.4. The largest absolute Gasteiger partial charge is 0.480 e. The number of rotatable bonds is 4. The number of aromatic nitrogens is 2. The number of carbonyl (C=O) groups is 3. The molecule has 29 heavy (non-hydrogen) atoms. The average molecular weight is 407 g/mol. The van der Waals surface area contributed by atoms with E-state index >= 15 is 0 Å². The fourth-order valence-electron chi connectivity index (χ4n) is 2.43. The molecule has 1 fully saturated rings. The number of anilines is 1. The summed E-state index contributed by atoms with van der Waals surface area (Å²) in [4.78, 5) is 41.1. The second-order valence-electron chi connectivity index (χ2n) is 5.71. The van der Waals surface area contributed by atoms with E-state index in [0.717, 1.165) is 24.4 Å². The zero-order valence-electron chi connectivity index (χ0n) is 14.7. The van der Waals surface area contributed by atoms with Crippen LogP contribution in [0.2, 0.25) is 0 Å². The third kappa shape index (κ3) is 4.20. The smallest absolute Gasteiger partial charge is 0.416 e. The minimum atomic E-state index is -4.67. The van der Waals surface area contributed by atoms with Crippen molar-refractivity contribution < 1.29 is 32.3 Å². The van der Waals surface area contributed by atoms with E-state index in [2.05, 4.69) is 15.2 Å². The fourth-order valence-corrected chi connectivity index (χ4v) is 2.43. The van der Waals surface area contributed by atoms with Gasteiger partial charge in [0.15, 0.2) is 11.7 Å². The predicted octanol–water partition coefficient (Wildman–Crippen LogP) is 2.11. The Kier molecular flexibility index (Phi) is 5.26. The first-order chi connectivity index (χ1) is 13.7. The van der Waals surface area contributed by atoms with Gasteiger partial charge in [0.1, 0.15) is 0 Å². The highest BCUT2D eigenvalue weighted by Crippen LogP contribution is 2.32. The fraction of sp³-hybridized carbons (Fsp3) is 0.176. The van der Waals surface area contributed by atoms with E-state index in [4.69, 9.17) is 4.74 Å². The monoisotopic (exact) mass is 407 g/mol.